The lowest BCUT2D eigenvalue weighted by molar-refractivity contribution is 1.11. The molecule has 56 valence electrons. The Labute approximate surface area is 60.0 Å². The summed E-state index contributed by atoms with van der Waals surface area (Å²) in [6.45, 7) is 9.32. The van der Waals surface area contributed by atoms with Gasteiger partial charge in [-0.25, -0.2) is 0 Å². The minimum Gasteiger partial charge on any atom is -0.181 e. The molecule has 0 N–H and O–H groups in total. The molecule has 0 atom stereocenters. The van der Waals surface area contributed by atoms with Gasteiger partial charge in [0.2, 0.25) is 0 Å². The van der Waals surface area contributed by atoms with Crippen LogP contribution in [0.2, 0.25) is 25.3 Å². The zero-order valence-corrected chi connectivity index (χ0v) is 7.41. The van der Waals surface area contributed by atoms with Gasteiger partial charge < -0.3 is 0 Å². The van der Waals surface area contributed by atoms with Crippen LogP contribution in [0.1, 0.15) is 27.7 Å². The highest BCUT2D eigenvalue weighted by Crippen LogP contribution is 2.23. The van der Waals surface area contributed by atoms with Crippen molar-refractivity contribution in [2.24, 2.45) is 0 Å². The molecule has 0 aliphatic rings. The molecule has 0 unspecified atom stereocenters. The fourth-order valence-electron chi connectivity index (χ4n) is 1.73. The van der Waals surface area contributed by atoms with Gasteiger partial charge in [0.05, 0.1) is 0 Å². The summed E-state index contributed by atoms with van der Waals surface area (Å²) in [5.41, 5.74) is 0. The van der Waals surface area contributed by atoms with Crippen LogP contribution in [0, 0.1) is 0 Å². The second kappa shape index (κ2) is 3.97. The van der Waals surface area contributed by atoms with E-state index in [0.717, 1.165) is 0 Å². The number of rotatable bonds is 4. The third kappa shape index (κ3) is 2.04. The Hall–Kier alpha value is 0.0649. The minimum atomic E-state index is 0.0556. The Balaban J connectivity index is 3.82. The summed E-state index contributed by atoms with van der Waals surface area (Å²) in [7, 11) is 0. The lowest BCUT2D eigenvalue weighted by Gasteiger charge is -2.34. The normalized spacial score (nSPS) is 12.0. The molecular weight excluding hydrogens is 107 g/mol. The zero-order chi connectivity index (χ0) is 7.33. The van der Waals surface area contributed by atoms with E-state index in [4.69, 9.17) is 0 Å². The average Bonchev–Trinajstić information content (AvgIpc) is 1.95. The van der Waals surface area contributed by atoms with Gasteiger partial charge in [-0.1, -0.05) is 27.7 Å². The van der Waals surface area contributed by atoms with E-state index in [1.54, 1.807) is 0 Å². The molecule has 0 aromatic rings. The van der Waals surface area contributed by atoms with Gasteiger partial charge in [0.15, 0.2) is 0 Å². The summed E-state index contributed by atoms with van der Waals surface area (Å²) in [6.07, 6.45) is 5.68. The third-order valence-electron chi connectivity index (χ3n) is 3.46. The summed E-state index contributed by atoms with van der Waals surface area (Å²) < 4.78 is 0. The third-order valence-corrected chi connectivity index (χ3v) is 3.46. The molecule has 0 saturated carbocycles. The maximum absolute atomic E-state index is 2.33. The Morgan fingerprint density at radius 2 is 0.889 bits per heavy atom. The van der Waals surface area contributed by atoms with Gasteiger partial charge in [0.1, 0.15) is 0 Å². The molecular formula is C8H20B-. The van der Waals surface area contributed by atoms with Crippen molar-refractivity contribution in [1.29, 1.82) is 0 Å². The Morgan fingerprint density at radius 3 is 0.889 bits per heavy atom. The van der Waals surface area contributed by atoms with Gasteiger partial charge in [-0.15, -0.1) is 0 Å². The first-order chi connectivity index (χ1) is 4.24. The van der Waals surface area contributed by atoms with Gasteiger partial charge in [0, 0.05) is 0 Å². The smallest absolute Gasteiger partial charge is 0.000543 e. The van der Waals surface area contributed by atoms with Gasteiger partial charge >= 0.3 is 0 Å². The van der Waals surface area contributed by atoms with Gasteiger partial charge in [-0.3, -0.25) is 0 Å². The van der Waals surface area contributed by atoms with Crippen molar-refractivity contribution in [3.05, 3.63) is 0 Å². The van der Waals surface area contributed by atoms with Crippen molar-refractivity contribution in [1.82, 2.24) is 0 Å². The molecule has 0 fully saturated rings. The van der Waals surface area contributed by atoms with E-state index >= 15 is 0 Å². The predicted octanol–water partition coefficient (Wildman–Crippen LogP) is 3.51. The van der Waals surface area contributed by atoms with Crippen molar-refractivity contribution < 1.29 is 0 Å². The van der Waals surface area contributed by atoms with E-state index < -0.39 is 0 Å². The van der Waals surface area contributed by atoms with Crippen LogP contribution in [0.25, 0.3) is 0 Å². The quantitative estimate of drug-likeness (QED) is 0.507. The van der Waals surface area contributed by atoms with E-state index in [-0.39, 0.29) is 6.15 Å². The molecule has 0 nitrogen and oxygen atoms in total. The Morgan fingerprint density at radius 1 is 0.667 bits per heavy atom. The van der Waals surface area contributed by atoms with Gasteiger partial charge in [-0.05, 0) is 6.15 Å². The first kappa shape index (κ1) is 9.06. The molecule has 0 aromatic heterocycles. The highest BCUT2D eigenvalue weighted by atomic mass is 13.9. The lowest BCUT2D eigenvalue weighted by atomic mass is 9.19. The van der Waals surface area contributed by atoms with Crippen LogP contribution < -0.4 is 0 Å². The van der Waals surface area contributed by atoms with Crippen molar-refractivity contribution in [2.75, 3.05) is 0 Å². The van der Waals surface area contributed by atoms with Crippen LogP contribution in [-0.4, -0.2) is 6.15 Å². The summed E-state index contributed by atoms with van der Waals surface area (Å²) in [5, 5.41) is 0. The van der Waals surface area contributed by atoms with Crippen LogP contribution in [0.15, 0.2) is 0 Å². The molecule has 0 bridgehead atoms. The first-order valence-electron chi connectivity index (χ1n) is 4.46. The van der Waals surface area contributed by atoms with Crippen molar-refractivity contribution >= 4 is 6.15 Å². The zero-order valence-electron chi connectivity index (χ0n) is 7.41. The predicted molar refractivity (Wildman–Crippen MR) is 47.7 cm³/mol. The molecule has 0 aliphatic carbocycles. The Bertz CT molecular complexity index is 47.5. The fourth-order valence-corrected chi connectivity index (χ4v) is 1.73. The molecule has 0 heterocycles. The van der Waals surface area contributed by atoms with E-state index in [0.29, 0.717) is 0 Å². The maximum Gasteiger partial charge on any atom is -0.000543 e. The first-order valence-corrected chi connectivity index (χ1v) is 4.46. The molecule has 0 saturated heterocycles. The number of hydrogen-bond donors (Lipinski definition) is 0. The van der Waals surface area contributed by atoms with Crippen molar-refractivity contribution in [3.8, 4) is 0 Å². The summed E-state index contributed by atoms with van der Waals surface area (Å²) in [5.74, 6) is 0. The van der Waals surface area contributed by atoms with Crippen LogP contribution in [-0.2, 0) is 0 Å². The van der Waals surface area contributed by atoms with Crippen LogP contribution in [0.5, 0.6) is 0 Å². The molecule has 9 heavy (non-hydrogen) atoms. The van der Waals surface area contributed by atoms with E-state index in [9.17, 15) is 0 Å². The monoisotopic (exact) mass is 127 g/mol. The van der Waals surface area contributed by atoms with Crippen LogP contribution in [0.4, 0.5) is 0 Å². The standard InChI is InChI=1S/C8H20B/c1-5-9(6-2,7-3)8-4/h5-8H2,1-4H3/q-1. The largest absolute Gasteiger partial charge is 0.181 e. The van der Waals surface area contributed by atoms with E-state index in [1.807, 2.05) is 0 Å². The molecule has 0 spiro atoms. The van der Waals surface area contributed by atoms with Crippen LogP contribution >= 0.6 is 0 Å². The summed E-state index contributed by atoms with van der Waals surface area (Å²) in [4.78, 5) is 0. The highest BCUT2D eigenvalue weighted by molar-refractivity contribution is 6.79. The van der Waals surface area contributed by atoms with E-state index in [1.165, 1.54) is 25.3 Å². The minimum absolute atomic E-state index is 0.0556. The SMILES string of the molecule is CC[B-](CC)(CC)CC. The average molecular weight is 127 g/mol. The molecule has 1 heteroatoms. The second-order valence-electron chi connectivity index (χ2n) is 3.37. The number of hydrogen-bond acceptors (Lipinski definition) is 0. The molecule has 0 radical (unpaired) electrons. The topological polar surface area (TPSA) is 0 Å². The molecule has 0 aromatic carbocycles. The summed E-state index contributed by atoms with van der Waals surface area (Å²) in [6, 6.07) is 0. The summed E-state index contributed by atoms with van der Waals surface area (Å²) >= 11 is 0. The van der Waals surface area contributed by atoms with E-state index in [2.05, 4.69) is 27.7 Å². The highest BCUT2D eigenvalue weighted by Gasteiger charge is 2.14. The van der Waals surface area contributed by atoms with Crippen molar-refractivity contribution in [3.63, 3.8) is 0 Å². The maximum atomic E-state index is 2.33. The van der Waals surface area contributed by atoms with Gasteiger partial charge in [-0.2, -0.15) is 25.3 Å². The fraction of sp³-hybridized carbons (Fsp3) is 1.00. The Kier molecular flexibility index (Phi) is 4.00. The second-order valence-corrected chi connectivity index (χ2v) is 3.37. The molecule has 0 aliphatic heterocycles. The molecule has 0 rings (SSSR count). The van der Waals surface area contributed by atoms with Gasteiger partial charge in [0.25, 0.3) is 0 Å². The van der Waals surface area contributed by atoms with Crippen LogP contribution in [0.3, 0.4) is 0 Å². The molecule has 0 amide bonds. The lowest BCUT2D eigenvalue weighted by Crippen LogP contribution is -2.29. The van der Waals surface area contributed by atoms with Crippen molar-refractivity contribution in [2.45, 2.75) is 53.0 Å².